The maximum atomic E-state index is 14.8. The number of aromatic nitrogens is 2. The van der Waals surface area contributed by atoms with Crippen LogP contribution in [0.1, 0.15) is 57.2 Å². The van der Waals surface area contributed by atoms with Gasteiger partial charge in [-0.05, 0) is 52.4 Å². The first kappa shape index (κ1) is 18.1. The molecule has 4 heterocycles. The van der Waals surface area contributed by atoms with Gasteiger partial charge in [0.05, 0.1) is 23.9 Å². The summed E-state index contributed by atoms with van der Waals surface area (Å²) in [6, 6.07) is 0. The zero-order valence-electron chi connectivity index (χ0n) is 16.1. The Balaban J connectivity index is 1.58. The number of hydrogen-bond donors (Lipinski definition) is 1. The number of ether oxygens (including phenoxy) is 2. The van der Waals surface area contributed by atoms with E-state index >= 15 is 0 Å². The zero-order chi connectivity index (χ0) is 19.2. The van der Waals surface area contributed by atoms with Crippen LogP contribution < -0.4 is 4.74 Å². The highest BCUT2D eigenvalue weighted by Gasteiger charge is 2.32. The second-order valence-electron chi connectivity index (χ2n) is 8.37. The number of halogens is 1. The van der Waals surface area contributed by atoms with E-state index in [-0.39, 0.29) is 17.8 Å². The van der Waals surface area contributed by atoms with Gasteiger partial charge in [0, 0.05) is 18.7 Å². The number of carbonyl (C=O) groups is 1. The molecular weight excluding hydrogens is 349 g/mol. The fourth-order valence-electron chi connectivity index (χ4n) is 4.01. The highest BCUT2D eigenvalue weighted by Crippen LogP contribution is 2.41. The minimum absolute atomic E-state index is 0.0274. The molecule has 2 aliphatic rings. The van der Waals surface area contributed by atoms with E-state index in [1.807, 2.05) is 20.8 Å². The second-order valence-corrected chi connectivity index (χ2v) is 8.37. The van der Waals surface area contributed by atoms with Gasteiger partial charge < -0.3 is 19.4 Å². The van der Waals surface area contributed by atoms with Gasteiger partial charge in [0.25, 0.3) is 0 Å². The number of fused-ring (bicyclic) bond motifs is 3. The fourth-order valence-corrected chi connectivity index (χ4v) is 4.01. The third-order valence-electron chi connectivity index (χ3n) is 5.21. The molecule has 0 unspecified atom stereocenters. The number of H-pyrrole nitrogens is 1. The fraction of sp³-hybridized carbons (Fsp3) is 0.600. The molecule has 0 radical (unpaired) electrons. The van der Waals surface area contributed by atoms with Crippen LogP contribution in [-0.4, -0.2) is 46.3 Å². The summed E-state index contributed by atoms with van der Waals surface area (Å²) in [6.07, 6.45) is 4.21. The van der Waals surface area contributed by atoms with Crippen molar-refractivity contribution in [3.05, 3.63) is 23.3 Å². The minimum Gasteiger partial charge on any atom is -0.491 e. The number of nitrogens with one attached hydrogen (secondary N) is 1. The summed E-state index contributed by atoms with van der Waals surface area (Å²) in [5.41, 5.74) is 1.84. The van der Waals surface area contributed by atoms with Gasteiger partial charge in [0.2, 0.25) is 0 Å². The number of likely N-dealkylation sites (tertiary alicyclic amines) is 1. The molecule has 0 spiro atoms. The third-order valence-corrected chi connectivity index (χ3v) is 5.21. The molecular formula is C20H26FN3O3. The number of aromatic amines is 1. The van der Waals surface area contributed by atoms with Gasteiger partial charge in [-0.3, -0.25) is 0 Å². The molecule has 6 nitrogen and oxygen atoms in total. The Bertz CT molecular complexity index is 863. The lowest BCUT2D eigenvalue weighted by atomic mass is 9.87. The van der Waals surface area contributed by atoms with Gasteiger partial charge in [-0.1, -0.05) is 0 Å². The quantitative estimate of drug-likeness (QED) is 0.813. The normalized spacial score (nSPS) is 18.3. The lowest BCUT2D eigenvalue weighted by molar-refractivity contribution is 0.0204. The average Bonchev–Trinajstić information content (AvgIpc) is 2.99. The molecule has 1 amide bonds. The van der Waals surface area contributed by atoms with E-state index in [0.717, 1.165) is 29.7 Å². The van der Waals surface area contributed by atoms with E-state index in [1.54, 1.807) is 4.90 Å². The molecule has 0 atom stereocenters. The Morgan fingerprint density at radius 3 is 2.81 bits per heavy atom. The van der Waals surface area contributed by atoms with Crippen LogP contribution >= 0.6 is 0 Å². The summed E-state index contributed by atoms with van der Waals surface area (Å²) in [7, 11) is 0. The smallest absolute Gasteiger partial charge is 0.410 e. The number of nitrogens with zero attached hydrogens (tertiary/aromatic N) is 2. The molecule has 1 fully saturated rings. The number of rotatable bonds is 1. The van der Waals surface area contributed by atoms with Gasteiger partial charge in [-0.2, -0.15) is 0 Å². The second kappa shape index (κ2) is 6.69. The average molecular weight is 375 g/mol. The first-order chi connectivity index (χ1) is 12.8. The van der Waals surface area contributed by atoms with Gasteiger partial charge >= 0.3 is 6.09 Å². The van der Waals surface area contributed by atoms with Crippen LogP contribution in [0.5, 0.6) is 5.75 Å². The van der Waals surface area contributed by atoms with Gasteiger partial charge in [-0.25, -0.2) is 14.2 Å². The summed E-state index contributed by atoms with van der Waals surface area (Å²) < 4.78 is 26.1. The molecule has 2 aromatic heterocycles. The van der Waals surface area contributed by atoms with E-state index in [2.05, 4.69) is 9.97 Å². The van der Waals surface area contributed by atoms with Crippen LogP contribution in [0.25, 0.3) is 11.0 Å². The molecule has 0 bridgehead atoms. The molecule has 0 saturated carbocycles. The van der Waals surface area contributed by atoms with E-state index < -0.39 is 5.60 Å². The zero-order valence-corrected chi connectivity index (χ0v) is 16.1. The molecule has 2 aliphatic heterocycles. The highest BCUT2D eigenvalue weighted by molar-refractivity contribution is 5.89. The van der Waals surface area contributed by atoms with Crippen LogP contribution in [0.3, 0.4) is 0 Å². The Kier molecular flexibility index (Phi) is 4.48. The summed E-state index contributed by atoms with van der Waals surface area (Å²) >= 11 is 0. The molecule has 0 aromatic carbocycles. The molecule has 0 aliphatic carbocycles. The van der Waals surface area contributed by atoms with Crippen LogP contribution in [0.4, 0.5) is 9.18 Å². The predicted octanol–water partition coefficient (Wildman–Crippen LogP) is 4.14. The van der Waals surface area contributed by atoms with Crippen molar-refractivity contribution in [1.29, 1.82) is 0 Å². The van der Waals surface area contributed by atoms with Gasteiger partial charge in [0.1, 0.15) is 22.8 Å². The standard InChI is InChI=1S/C20H26FN3O3/c1-20(2,3)27-19(25)24-8-6-12(7-9-24)15-13(21)11-22-18-16(15)17-14(23-18)5-4-10-26-17/h11-12H,4-10H2,1-3H3,(H,22,23). The molecule has 1 saturated heterocycles. The Hall–Kier alpha value is -2.31. The van der Waals surface area contributed by atoms with Crippen molar-refractivity contribution in [3.8, 4) is 5.75 Å². The van der Waals surface area contributed by atoms with Gasteiger partial charge in [-0.15, -0.1) is 0 Å². The first-order valence-corrected chi connectivity index (χ1v) is 9.63. The monoisotopic (exact) mass is 375 g/mol. The van der Waals surface area contributed by atoms with Crippen molar-refractivity contribution in [2.24, 2.45) is 0 Å². The molecule has 4 rings (SSSR count). The Morgan fingerprint density at radius 2 is 2.11 bits per heavy atom. The van der Waals surface area contributed by atoms with Crippen molar-refractivity contribution >= 4 is 17.1 Å². The summed E-state index contributed by atoms with van der Waals surface area (Å²) in [5, 5.41) is 0.778. The molecule has 2 aromatic rings. The van der Waals surface area contributed by atoms with Crippen molar-refractivity contribution in [1.82, 2.24) is 14.9 Å². The number of piperidine rings is 1. The number of hydrogen-bond acceptors (Lipinski definition) is 4. The van der Waals surface area contributed by atoms with Crippen molar-refractivity contribution in [2.75, 3.05) is 19.7 Å². The van der Waals surface area contributed by atoms with Crippen molar-refractivity contribution < 1.29 is 18.7 Å². The van der Waals surface area contributed by atoms with Gasteiger partial charge in [0.15, 0.2) is 0 Å². The molecule has 146 valence electrons. The van der Waals surface area contributed by atoms with Crippen molar-refractivity contribution in [3.63, 3.8) is 0 Å². The maximum absolute atomic E-state index is 14.8. The molecule has 1 N–H and O–H groups in total. The van der Waals surface area contributed by atoms with Crippen LogP contribution in [0, 0.1) is 5.82 Å². The Labute approximate surface area is 158 Å². The number of carbonyl (C=O) groups excluding carboxylic acids is 1. The molecule has 7 heteroatoms. The number of aryl methyl sites for hydroxylation is 1. The third kappa shape index (κ3) is 3.47. The maximum Gasteiger partial charge on any atom is 0.410 e. The number of amides is 1. The van der Waals surface area contributed by atoms with Crippen molar-refractivity contribution in [2.45, 2.75) is 58.0 Å². The Morgan fingerprint density at radius 1 is 1.37 bits per heavy atom. The van der Waals surface area contributed by atoms with E-state index in [9.17, 15) is 9.18 Å². The highest BCUT2D eigenvalue weighted by atomic mass is 19.1. The molecule has 27 heavy (non-hydrogen) atoms. The topological polar surface area (TPSA) is 67.5 Å². The van der Waals surface area contributed by atoms with E-state index in [4.69, 9.17) is 9.47 Å². The SMILES string of the molecule is CC(C)(C)OC(=O)N1CCC(c2c(F)cnc3[nH]c4c(c23)OCCC4)CC1. The summed E-state index contributed by atoms with van der Waals surface area (Å²) in [5.74, 6) is 0.488. The lowest BCUT2D eigenvalue weighted by Crippen LogP contribution is -2.41. The minimum atomic E-state index is -0.515. The summed E-state index contributed by atoms with van der Waals surface area (Å²) in [4.78, 5) is 21.5. The van der Waals surface area contributed by atoms with Crippen LogP contribution in [0.15, 0.2) is 6.20 Å². The predicted molar refractivity (Wildman–Crippen MR) is 99.6 cm³/mol. The lowest BCUT2D eigenvalue weighted by Gasteiger charge is -2.34. The van der Waals surface area contributed by atoms with Crippen LogP contribution in [-0.2, 0) is 11.2 Å². The first-order valence-electron chi connectivity index (χ1n) is 9.63. The van der Waals surface area contributed by atoms with E-state index in [0.29, 0.717) is 43.7 Å². The van der Waals surface area contributed by atoms with Crippen LogP contribution in [0.2, 0.25) is 0 Å². The van der Waals surface area contributed by atoms with E-state index in [1.165, 1.54) is 6.20 Å². The summed E-state index contributed by atoms with van der Waals surface area (Å²) in [6.45, 7) is 7.32. The largest absolute Gasteiger partial charge is 0.491 e. The number of pyridine rings is 1.